The summed E-state index contributed by atoms with van der Waals surface area (Å²) in [6.45, 7) is 2.83. The molecule has 1 N–H and O–H groups in total. The highest BCUT2D eigenvalue weighted by Gasteiger charge is 1.95. The second-order valence-electron chi connectivity index (χ2n) is 4.12. The summed E-state index contributed by atoms with van der Waals surface area (Å²) in [6.07, 6.45) is 4.81. The Bertz CT molecular complexity index is 437. The summed E-state index contributed by atoms with van der Waals surface area (Å²) < 4.78 is 7.06. The molecule has 1 aromatic carbocycles. The highest BCUT2D eigenvalue weighted by Crippen LogP contribution is 2.11. The fraction of sp³-hybridized carbons (Fsp3) is 0.357. The van der Waals surface area contributed by atoms with Crippen molar-refractivity contribution < 1.29 is 4.74 Å². The van der Waals surface area contributed by atoms with Gasteiger partial charge in [0.05, 0.1) is 13.7 Å². The number of hydrogen-bond acceptors (Lipinski definition) is 3. The maximum atomic E-state index is 5.13. The molecule has 96 valence electrons. The van der Waals surface area contributed by atoms with E-state index in [0.29, 0.717) is 0 Å². The number of aromatic nitrogens is 2. The Kier molecular flexibility index (Phi) is 4.78. The monoisotopic (exact) mass is 245 g/mol. The van der Waals surface area contributed by atoms with Crippen LogP contribution in [0.3, 0.4) is 0 Å². The highest BCUT2D eigenvalue weighted by atomic mass is 16.5. The largest absolute Gasteiger partial charge is 0.497 e. The van der Waals surface area contributed by atoms with Crippen LogP contribution in [-0.2, 0) is 13.0 Å². The first-order valence-corrected chi connectivity index (χ1v) is 6.19. The second kappa shape index (κ2) is 6.81. The third-order valence-corrected chi connectivity index (χ3v) is 2.83. The van der Waals surface area contributed by atoms with Crippen LogP contribution in [0.2, 0.25) is 0 Å². The molecule has 1 heterocycles. The Labute approximate surface area is 108 Å². The molecule has 4 heteroatoms. The molecule has 18 heavy (non-hydrogen) atoms. The van der Waals surface area contributed by atoms with Gasteiger partial charge in [0.2, 0.25) is 0 Å². The molecule has 0 aliphatic heterocycles. The molecule has 2 rings (SSSR count). The Balaban J connectivity index is 1.62. The maximum Gasteiger partial charge on any atom is 0.118 e. The normalized spacial score (nSPS) is 10.5. The summed E-state index contributed by atoms with van der Waals surface area (Å²) in [5.41, 5.74) is 1.32. The molecule has 2 aromatic rings. The molecule has 4 nitrogen and oxygen atoms in total. The van der Waals surface area contributed by atoms with Gasteiger partial charge in [-0.25, -0.2) is 0 Å². The smallest absolute Gasteiger partial charge is 0.118 e. The number of ether oxygens (including phenoxy) is 1. The van der Waals surface area contributed by atoms with E-state index in [0.717, 1.165) is 31.8 Å². The molecule has 0 radical (unpaired) electrons. The number of nitrogens with one attached hydrogen (secondary N) is 1. The summed E-state index contributed by atoms with van der Waals surface area (Å²) in [6, 6.07) is 10.2. The van der Waals surface area contributed by atoms with Crippen LogP contribution < -0.4 is 10.1 Å². The van der Waals surface area contributed by atoms with E-state index in [1.165, 1.54) is 5.56 Å². The molecule has 0 amide bonds. The van der Waals surface area contributed by atoms with E-state index in [1.54, 1.807) is 13.3 Å². The topological polar surface area (TPSA) is 39.1 Å². The first kappa shape index (κ1) is 12.6. The van der Waals surface area contributed by atoms with E-state index in [-0.39, 0.29) is 0 Å². The molecule has 0 fully saturated rings. The average molecular weight is 245 g/mol. The summed E-state index contributed by atoms with van der Waals surface area (Å²) >= 11 is 0. The predicted molar refractivity (Wildman–Crippen MR) is 71.8 cm³/mol. The predicted octanol–water partition coefficient (Wildman–Crippen LogP) is 1.72. The Morgan fingerprint density at radius 3 is 2.72 bits per heavy atom. The van der Waals surface area contributed by atoms with Gasteiger partial charge in [0, 0.05) is 18.9 Å². The molecule has 0 aliphatic rings. The van der Waals surface area contributed by atoms with Gasteiger partial charge in [-0.1, -0.05) is 12.1 Å². The number of rotatable bonds is 7. The number of benzene rings is 1. The Hall–Kier alpha value is -1.81. The molecular formula is C14H19N3O. The first-order valence-electron chi connectivity index (χ1n) is 6.19. The van der Waals surface area contributed by atoms with E-state index in [2.05, 4.69) is 22.5 Å². The van der Waals surface area contributed by atoms with Gasteiger partial charge in [0.25, 0.3) is 0 Å². The van der Waals surface area contributed by atoms with Crippen LogP contribution >= 0.6 is 0 Å². The maximum absolute atomic E-state index is 5.13. The zero-order valence-electron chi connectivity index (χ0n) is 10.7. The minimum Gasteiger partial charge on any atom is -0.497 e. The van der Waals surface area contributed by atoms with Crippen molar-refractivity contribution in [3.63, 3.8) is 0 Å². The van der Waals surface area contributed by atoms with Crippen molar-refractivity contribution in [3.8, 4) is 5.75 Å². The summed E-state index contributed by atoms with van der Waals surface area (Å²) in [4.78, 5) is 0. The molecule has 1 aromatic heterocycles. The zero-order valence-corrected chi connectivity index (χ0v) is 10.7. The van der Waals surface area contributed by atoms with Crippen LogP contribution in [0.4, 0.5) is 0 Å². The van der Waals surface area contributed by atoms with Gasteiger partial charge in [-0.05, 0) is 36.7 Å². The molecule has 0 aliphatic carbocycles. The quantitative estimate of drug-likeness (QED) is 0.755. The van der Waals surface area contributed by atoms with Crippen molar-refractivity contribution in [3.05, 3.63) is 48.3 Å². The van der Waals surface area contributed by atoms with E-state index in [4.69, 9.17) is 4.74 Å². The molecular weight excluding hydrogens is 226 g/mol. The number of nitrogens with zero attached hydrogens (tertiary/aromatic N) is 2. The van der Waals surface area contributed by atoms with Crippen LogP contribution in [0.15, 0.2) is 42.7 Å². The van der Waals surface area contributed by atoms with Crippen molar-refractivity contribution >= 4 is 0 Å². The minimum absolute atomic E-state index is 0.908. The lowest BCUT2D eigenvalue weighted by Crippen LogP contribution is -2.22. The van der Waals surface area contributed by atoms with Crippen LogP contribution in [0.25, 0.3) is 0 Å². The van der Waals surface area contributed by atoms with Gasteiger partial charge in [-0.3, -0.25) is 4.68 Å². The highest BCUT2D eigenvalue weighted by molar-refractivity contribution is 5.27. The van der Waals surface area contributed by atoms with Crippen molar-refractivity contribution in [1.82, 2.24) is 15.1 Å². The SMILES string of the molecule is COc1ccc(CCNCCn2cccn2)cc1. The number of hydrogen-bond donors (Lipinski definition) is 1. The number of methoxy groups -OCH3 is 1. The van der Waals surface area contributed by atoms with Crippen LogP contribution in [-0.4, -0.2) is 30.0 Å². The zero-order chi connectivity index (χ0) is 12.6. The molecule has 0 spiro atoms. The van der Waals surface area contributed by atoms with E-state index in [1.807, 2.05) is 29.1 Å². The Morgan fingerprint density at radius 1 is 1.22 bits per heavy atom. The fourth-order valence-electron chi connectivity index (χ4n) is 1.78. The van der Waals surface area contributed by atoms with Gasteiger partial charge in [0.1, 0.15) is 5.75 Å². The van der Waals surface area contributed by atoms with Crippen molar-refractivity contribution in [2.75, 3.05) is 20.2 Å². The molecule has 0 bridgehead atoms. The molecule has 0 saturated heterocycles. The van der Waals surface area contributed by atoms with Gasteiger partial charge in [-0.2, -0.15) is 5.10 Å². The summed E-state index contributed by atoms with van der Waals surface area (Å²) in [7, 11) is 1.69. The molecule has 0 unspecified atom stereocenters. The lowest BCUT2D eigenvalue weighted by molar-refractivity contribution is 0.414. The van der Waals surface area contributed by atoms with Gasteiger partial charge in [0.15, 0.2) is 0 Å². The van der Waals surface area contributed by atoms with E-state index >= 15 is 0 Å². The van der Waals surface area contributed by atoms with E-state index in [9.17, 15) is 0 Å². The fourth-order valence-corrected chi connectivity index (χ4v) is 1.78. The summed E-state index contributed by atoms with van der Waals surface area (Å²) in [5.74, 6) is 0.908. The van der Waals surface area contributed by atoms with Gasteiger partial charge < -0.3 is 10.1 Å². The van der Waals surface area contributed by atoms with Crippen LogP contribution in [0, 0.1) is 0 Å². The first-order chi connectivity index (χ1) is 8.88. The van der Waals surface area contributed by atoms with E-state index < -0.39 is 0 Å². The van der Waals surface area contributed by atoms with Crippen LogP contribution in [0.1, 0.15) is 5.56 Å². The lowest BCUT2D eigenvalue weighted by Gasteiger charge is -2.06. The van der Waals surface area contributed by atoms with Gasteiger partial charge >= 0.3 is 0 Å². The standard InChI is InChI=1S/C14H19N3O/c1-18-14-5-3-13(4-6-14)7-9-15-10-12-17-11-2-8-16-17/h2-6,8,11,15H,7,9-10,12H2,1H3. The van der Waals surface area contributed by atoms with Crippen molar-refractivity contribution in [2.45, 2.75) is 13.0 Å². The molecule has 0 atom stereocenters. The third kappa shape index (κ3) is 3.89. The summed E-state index contributed by atoms with van der Waals surface area (Å²) in [5, 5.41) is 7.56. The lowest BCUT2D eigenvalue weighted by atomic mass is 10.1. The average Bonchev–Trinajstić information content (AvgIpc) is 2.92. The van der Waals surface area contributed by atoms with Crippen LogP contribution in [0.5, 0.6) is 5.75 Å². The minimum atomic E-state index is 0.908. The van der Waals surface area contributed by atoms with Crippen molar-refractivity contribution in [2.24, 2.45) is 0 Å². The Morgan fingerprint density at radius 2 is 2.06 bits per heavy atom. The van der Waals surface area contributed by atoms with Gasteiger partial charge in [-0.15, -0.1) is 0 Å². The molecule has 0 saturated carbocycles. The second-order valence-corrected chi connectivity index (χ2v) is 4.12. The van der Waals surface area contributed by atoms with Crippen molar-refractivity contribution in [1.29, 1.82) is 0 Å². The third-order valence-electron chi connectivity index (χ3n) is 2.83.